The molecule has 0 radical (unpaired) electrons. The first-order chi connectivity index (χ1) is 13.3. The number of hydrogen-bond acceptors (Lipinski definition) is 5. The van der Waals surface area contributed by atoms with Gasteiger partial charge < -0.3 is 10.2 Å². The summed E-state index contributed by atoms with van der Waals surface area (Å²) in [5.41, 5.74) is 6.11. The zero-order valence-corrected chi connectivity index (χ0v) is 15.2. The molecule has 1 aliphatic rings. The largest absolute Gasteiger partial charge is 0.370 e. The van der Waals surface area contributed by atoms with E-state index in [1.165, 1.54) is 0 Å². The average Bonchev–Trinajstić information content (AvgIpc) is 2.87. The molecule has 0 atom stereocenters. The lowest BCUT2D eigenvalue weighted by molar-refractivity contribution is 0.724. The summed E-state index contributed by atoms with van der Waals surface area (Å²) in [6, 6.07) is 14.4. The minimum Gasteiger partial charge on any atom is -0.370 e. The first kappa shape index (κ1) is 16.0. The summed E-state index contributed by atoms with van der Waals surface area (Å²) in [7, 11) is 0. The number of pyridine rings is 2. The molecule has 0 spiro atoms. The first-order valence-corrected chi connectivity index (χ1v) is 9.33. The van der Waals surface area contributed by atoms with E-state index >= 15 is 0 Å². The molecule has 1 aliphatic heterocycles. The average molecular weight is 356 g/mol. The van der Waals surface area contributed by atoms with Gasteiger partial charge in [0, 0.05) is 36.4 Å². The molecule has 0 bridgehead atoms. The third-order valence-electron chi connectivity index (χ3n) is 5.25. The maximum absolute atomic E-state index is 9.77. The second-order valence-electron chi connectivity index (χ2n) is 7.04. The number of aromatic nitrogens is 3. The fourth-order valence-corrected chi connectivity index (χ4v) is 4.02. The highest BCUT2D eigenvalue weighted by molar-refractivity contribution is 5.97. The van der Waals surface area contributed by atoms with Crippen molar-refractivity contribution in [3.05, 3.63) is 47.7 Å². The van der Waals surface area contributed by atoms with E-state index in [1.807, 2.05) is 41.7 Å². The standard InChI is InChI=1S/C21H20N6/c1-14-11-19(26-9-4-7-23-8-10-26)16-12-15(13-22)20-25-17-5-2-3-6-18(17)27(20)21(16)24-14/h2-3,5-6,11-12,23H,4,7-10H2,1H3. The van der Waals surface area contributed by atoms with Crippen LogP contribution in [0.2, 0.25) is 0 Å². The Balaban J connectivity index is 1.90. The summed E-state index contributed by atoms with van der Waals surface area (Å²) < 4.78 is 2.04. The molecular weight excluding hydrogens is 336 g/mol. The molecule has 6 nitrogen and oxygen atoms in total. The molecule has 3 aromatic heterocycles. The van der Waals surface area contributed by atoms with Gasteiger partial charge in [-0.2, -0.15) is 5.26 Å². The van der Waals surface area contributed by atoms with Crippen LogP contribution < -0.4 is 10.2 Å². The molecule has 0 aliphatic carbocycles. The molecule has 0 amide bonds. The van der Waals surface area contributed by atoms with Crippen molar-refractivity contribution < 1.29 is 0 Å². The highest BCUT2D eigenvalue weighted by Gasteiger charge is 2.19. The Morgan fingerprint density at radius 2 is 1.96 bits per heavy atom. The second kappa shape index (κ2) is 6.22. The summed E-state index contributed by atoms with van der Waals surface area (Å²) in [6.07, 6.45) is 1.10. The monoisotopic (exact) mass is 356 g/mol. The lowest BCUT2D eigenvalue weighted by Crippen LogP contribution is -2.28. The summed E-state index contributed by atoms with van der Waals surface area (Å²) in [6.45, 7) is 5.98. The lowest BCUT2D eigenvalue weighted by Gasteiger charge is -2.24. The molecule has 4 heterocycles. The van der Waals surface area contributed by atoms with Crippen molar-refractivity contribution in [2.24, 2.45) is 0 Å². The molecule has 0 saturated carbocycles. The van der Waals surface area contributed by atoms with Crippen molar-refractivity contribution in [3.8, 4) is 6.07 Å². The van der Waals surface area contributed by atoms with Gasteiger partial charge in [0.2, 0.25) is 0 Å². The van der Waals surface area contributed by atoms with Crippen molar-refractivity contribution in [3.63, 3.8) is 0 Å². The van der Waals surface area contributed by atoms with Crippen LogP contribution in [0.25, 0.3) is 27.7 Å². The zero-order valence-electron chi connectivity index (χ0n) is 15.2. The molecule has 27 heavy (non-hydrogen) atoms. The van der Waals surface area contributed by atoms with E-state index in [-0.39, 0.29) is 0 Å². The molecule has 1 N–H and O–H groups in total. The van der Waals surface area contributed by atoms with E-state index in [1.54, 1.807) is 0 Å². The molecule has 4 aromatic rings. The fourth-order valence-electron chi connectivity index (χ4n) is 4.02. The Labute approximate surface area is 157 Å². The summed E-state index contributed by atoms with van der Waals surface area (Å²) in [4.78, 5) is 12.0. The van der Waals surface area contributed by atoms with Crippen LogP contribution >= 0.6 is 0 Å². The van der Waals surface area contributed by atoms with Crippen molar-refractivity contribution in [1.29, 1.82) is 5.26 Å². The van der Waals surface area contributed by atoms with E-state index in [4.69, 9.17) is 9.97 Å². The van der Waals surface area contributed by atoms with Gasteiger partial charge in [-0.05, 0) is 44.2 Å². The molecule has 5 rings (SSSR count). The summed E-state index contributed by atoms with van der Waals surface area (Å²) >= 11 is 0. The number of nitrogens with one attached hydrogen (secondary N) is 1. The van der Waals surface area contributed by atoms with Gasteiger partial charge in [-0.1, -0.05) is 12.1 Å². The van der Waals surface area contributed by atoms with Crippen LogP contribution in [0.5, 0.6) is 0 Å². The third kappa shape index (κ3) is 2.51. The molecule has 6 heteroatoms. The molecule has 0 unspecified atom stereocenters. The van der Waals surface area contributed by atoms with Gasteiger partial charge in [0.1, 0.15) is 11.7 Å². The normalized spacial score (nSPS) is 15.3. The molecule has 1 fully saturated rings. The quantitative estimate of drug-likeness (QED) is 0.568. The summed E-state index contributed by atoms with van der Waals surface area (Å²) in [5, 5.41) is 14.2. The Bertz CT molecular complexity index is 1210. The SMILES string of the molecule is Cc1cc(N2CCCNCC2)c2cc(C#N)c3nc4ccccc4n3c2n1. The fraction of sp³-hybridized carbons (Fsp3) is 0.286. The van der Waals surface area contributed by atoms with Crippen LogP contribution in [-0.2, 0) is 0 Å². The maximum Gasteiger partial charge on any atom is 0.157 e. The minimum atomic E-state index is 0.582. The number of fused-ring (bicyclic) bond motifs is 5. The Hall–Kier alpha value is -3.17. The number of nitrogens with zero attached hydrogens (tertiary/aromatic N) is 5. The Morgan fingerprint density at radius 3 is 2.85 bits per heavy atom. The minimum absolute atomic E-state index is 0.582. The Kier molecular flexibility index (Phi) is 3.69. The maximum atomic E-state index is 9.77. The van der Waals surface area contributed by atoms with Crippen molar-refractivity contribution in [2.45, 2.75) is 13.3 Å². The Morgan fingerprint density at radius 1 is 1.07 bits per heavy atom. The van der Waals surface area contributed by atoms with E-state index in [2.05, 4.69) is 22.4 Å². The van der Waals surface area contributed by atoms with E-state index in [0.717, 1.165) is 66.0 Å². The lowest BCUT2D eigenvalue weighted by atomic mass is 10.1. The summed E-state index contributed by atoms with van der Waals surface area (Å²) in [5.74, 6) is 0. The van der Waals surface area contributed by atoms with Gasteiger partial charge >= 0.3 is 0 Å². The van der Waals surface area contributed by atoms with Gasteiger partial charge in [0.25, 0.3) is 0 Å². The number of imidazole rings is 1. The van der Waals surface area contributed by atoms with E-state index in [0.29, 0.717) is 11.2 Å². The highest BCUT2D eigenvalue weighted by atomic mass is 15.2. The van der Waals surface area contributed by atoms with Crippen LogP contribution in [0, 0.1) is 18.3 Å². The van der Waals surface area contributed by atoms with Gasteiger partial charge in [-0.3, -0.25) is 4.40 Å². The predicted molar refractivity (Wildman–Crippen MR) is 107 cm³/mol. The number of nitriles is 1. The van der Waals surface area contributed by atoms with Crippen LogP contribution in [-0.4, -0.2) is 40.5 Å². The van der Waals surface area contributed by atoms with Crippen LogP contribution in [0.3, 0.4) is 0 Å². The predicted octanol–water partition coefficient (Wildman–Crippen LogP) is 3.02. The third-order valence-corrected chi connectivity index (χ3v) is 5.25. The van der Waals surface area contributed by atoms with Crippen molar-refractivity contribution in [2.75, 3.05) is 31.1 Å². The highest BCUT2D eigenvalue weighted by Crippen LogP contribution is 2.32. The van der Waals surface area contributed by atoms with E-state index < -0.39 is 0 Å². The van der Waals surface area contributed by atoms with Gasteiger partial charge in [0.15, 0.2) is 5.65 Å². The van der Waals surface area contributed by atoms with Gasteiger partial charge in [0.05, 0.1) is 16.6 Å². The number of aryl methyl sites for hydroxylation is 1. The second-order valence-corrected chi connectivity index (χ2v) is 7.04. The van der Waals surface area contributed by atoms with Crippen molar-refractivity contribution >= 4 is 33.4 Å². The zero-order chi connectivity index (χ0) is 18.4. The molecular formula is C21H20N6. The van der Waals surface area contributed by atoms with E-state index in [9.17, 15) is 5.26 Å². The number of para-hydroxylation sites is 2. The van der Waals surface area contributed by atoms with Crippen LogP contribution in [0.15, 0.2) is 36.4 Å². The van der Waals surface area contributed by atoms with Crippen molar-refractivity contribution in [1.82, 2.24) is 19.7 Å². The number of benzene rings is 1. The van der Waals surface area contributed by atoms with Crippen LogP contribution in [0.1, 0.15) is 17.7 Å². The number of anilines is 1. The number of rotatable bonds is 1. The first-order valence-electron chi connectivity index (χ1n) is 9.33. The number of hydrogen-bond donors (Lipinski definition) is 1. The van der Waals surface area contributed by atoms with Crippen LogP contribution in [0.4, 0.5) is 5.69 Å². The topological polar surface area (TPSA) is 69.2 Å². The molecule has 1 aromatic carbocycles. The smallest absolute Gasteiger partial charge is 0.157 e. The van der Waals surface area contributed by atoms with Gasteiger partial charge in [-0.25, -0.2) is 9.97 Å². The molecule has 1 saturated heterocycles. The molecule has 134 valence electrons. The van der Waals surface area contributed by atoms with Gasteiger partial charge in [-0.15, -0.1) is 0 Å².